The second-order valence-electron chi connectivity index (χ2n) is 6.42. The van der Waals surface area contributed by atoms with Crippen LogP contribution in [0.15, 0.2) is 24.4 Å². The molecular weight excluding hydrogens is 262 g/mol. The molecule has 2 aliphatic rings. The Balaban J connectivity index is 1.63. The number of piperidine rings is 1. The van der Waals surface area contributed by atoms with Crippen LogP contribution in [0, 0.1) is 5.92 Å². The van der Waals surface area contributed by atoms with E-state index in [9.17, 15) is 4.79 Å². The Morgan fingerprint density at radius 1 is 1.19 bits per heavy atom. The van der Waals surface area contributed by atoms with Crippen LogP contribution in [-0.2, 0) is 0 Å². The number of hydrogen-bond acceptors (Lipinski definition) is 2. The van der Waals surface area contributed by atoms with Gasteiger partial charge in [-0.05, 0) is 43.7 Å². The molecule has 110 valence electrons. The number of nitrogens with zero attached hydrogens (tertiary/aromatic N) is 2. The van der Waals surface area contributed by atoms with Gasteiger partial charge in [0.15, 0.2) is 0 Å². The zero-order valence-electron chi connectivity index (χ0n) is 12.2. The lowest BCUT2D eigenvalue weighted by Gasteiger charge is -2.44. The highest BCUT2D eigenvalue weighted by atomic mass is 16.2. The molecule has 2 fully saturated rings. The van der Waals surface area contributed by atoms with Crippen molar-refractivity contribution in [2.24, 2.45) is 5.92 Å². The van der Waals surface area contributed by atoms with Crippen LogP contribution in [0.1, 0.15) is 48.9 Å². The number of aromatic amines is 1. The maximum atomic E-state index is 12.9. The summed E-state index contributed by atoms with van der Waals surface area (Å²) in [5, 5.41) is 8.04. The minimum absolute atomic E-state index is 0.197. The number of carbonyl (C=O) groups is 1. The van der Waals surface area contributed by atoms with E-state index in [0.717, 1.165) is 35.3 Å². The monoisotopic (exact) mass is 283 g/mol. The molecule has 1 N–H and O–H groups in total. The third-order valence-corrected chi connectivity index (χ3v) is 5.19. The molecule has 1 aromatic carbocycles. The molecule has 2 aromatic rings. The summed E-state index contributed by atoms with van der Waals surface area (Å²) in [6, 6.07) is 6.33. The minimum Gasteiger partial charge on any atom is -0.335 e. The van der Waals surface area contributed by atoms with Crippen LogP contribution in [0.25, 0.3) is 10.9 Å². The van der Waals surface area contributed by atoms with Crippen molar-refractivity contribution in [3.63, 3.8) is 0 Å². The normalized spacial score (nSPS) is 25.8. The molecule has 2 unspecified atom stereocenters. The van der Waals surface area contributed by atoms with Crippen LogP contribution in [0.2, 0.25) is 0 Å². The van der Waals surface area contributed by atoms with E-state index in [1.165, 1.54) is 32.1 Å². The zero-order valence-corrected chi connectivity index (χ0v) is 12.2. The quantitative estimate of drug-likeness (QED) is 0.872. The summed E-state index contributed by atoms with van der Waals surface area (Å²) in [5.41, 5.74) is 1.73. The first-order valence-electron chi connectivity index (χ1n) is 8.07. The largest absolute Gasteiger partial charge is 0.335 e. The maximum absolute atomic E-state index is 12.9. The van der Waals surface area contributed by atoms with Crippen LogP contribution in [0.4, 0.5) is 0 Å². The van der Waals surface area contributed by atoms with Gasteiger partial charge in [0.05, 0.1) is 11.7 Å². The second kappa shape index (κ2) is 5.17. The molecule has 1 saturated heterocycles. The van der Waals surface area contributed by atoms with Crippen molar-refractivity contribution >= 4 is 16.8 Å². The highest BCUT2D eigenvalue weighted by molar-refractivity contribution is 5.98. The van der Waals surface area contributed by atoms with Crippen LogP contribution >= 0.6 is 0 Å². The predicted molar refractivity (Wildman–Crippen MR) is 82.1 cm³/mol. The summed E-state index contributed by atoms with van der Waals surface area (Å²) in [7, 11) is 0. The zero-order chi connectivity index (χ0) is 14.2. The lowest BCUT2D eigenvalue weighted by molar-refractivity contribution is 0.0391. The molecule has 4 nitrogen and oxygen atoms in total. The molecule has 1 aliphatic heterocycles. The number of benzene rings is 1. The summed E-state index contributed by atoms with van der Waals surface area (Å²) < 4.78 is 0. The molecule has 1 aromatic heterocycles. The van der Waals surface area contributed by atoms with Gasteiger partial charge in [-0.15, -0.1) is 0 Å². The molecular formula is C17H21N3O. The van der Waals surface area contributed by atoms with E-state index in [0.29, 0.717) is 6.04 Å². The third-order valence-electron chi connectivity index (χ3n) is 5.19. The van der Waals surface area contributed by atoms with Crippen LogP contribution < -0.4 is 0 Å². The van der Waals surface area contributed by atoms with Crippen molar-refractivity contribution in [3.8, 4) is 0 Å². The van der Waals surface area contributed by atoms with Gasteiger partial charge in [0.2, 0.25) is 0 Å². The Kier molecular flexibility index (Phi) is 3.17. The van der Waals surface area contributed by atoms with Gasteiger partial charge in [-0.2, -0.15) is 5.10 Å². The maximum Gasteiger partial charge on any atom is 0.254 e. The molecule has 0 radical (unpaired) electrons. The smallest absolute Gasteiger partial charge is 0.254 e. The third kappa shape index (κ3) is 2.23. The molecule has 21 heavy (non-hydrogen) atoms. The summed E-state index contributed by atoms with van der Waals surface area (Å²) in [5.74, 6) is 0.926. The Morgan fingerprint density at radius 3 is 3.00 bits per heavy atom. The Labute approximate surface area is 124 Å². The number of hydrogen-bond donors (Lipinski definition) is 1. The van der Waals surface area contributed by atoms with Gasteiger partial charge in [0, 0.05) is 23.5 Å². The van der Waals surface area contributed by atoms with Gasteiger partial charge in [0.1, 0.15) is 0 Å². The highest BCUT2D eigenvalue weighted by Gasteiger charge is 2.35. The van der Waals surface area contributed by atoms with Gasteiger partial charge in [-0.1, -0.05) is 18.9 Å². The number of likely N-dealkylation sites (tertiary alicyclic amines) is 1. The number of H-pyrrole nitrogens is 1. The van der Waals surface area contributed by atoms with Crippen molar-refractivity contribution in [3.05, 3.63) is 30.0 Å². The van der Waals surface area contributed by atoms with Gasteiger partial charge < -0.3 is 4.90 Å². The van der Waals surface area contributed by atoms with Crippen molar-refractivity contribution in [2.45, 2.75) is 44.6 Å². The van der Waals surface area contributed by atoms with E-state index >= 15 is 0 Å². The summed E-state index contributed by atoms with van der Waals surface area (Å²) in [6.45, 7) is 0.918. The van der Waals surface area contributed by atoms with Crippen LogP contribution in [-0.4, -0.2) is 33.6 Å². The molecule has 0 spiro atoms. The highest BCUT2D eigenvalue weighted by Crippen LogP contribution is 2.36. The van der Waals surface area contributed by atoms with Gasteiger partial charge in [-0.25, -0.2) is 0 Å². The number of carbonyl (C=O) groups excluding carboxylic acids is 1. The van der Waals surface area contributed by atoms with Crippen LogP contribution in [0.5, 0.6) is 0 Å². The molecule has 2 heterocycles. The van der Waals surface area contributed by atoms with E-state index < -0.39 is 0 Å². The topological polar surface area (TPSA) is 49.0 Å². The first-order valence-corrected chi connectivity index (χ1v) is 8.07. The number of amides is 1. The molecule has 2 atom stereocenters. The number of fused-ring (bicyclic) bond motifs is 2. The first kappa shape index (κ1) is 12.9. The molecule has 4 rings (SSSR count). The number of rotatable bonds is 1. The van der Waals surface area contributed by atoms with E-state index in [2.05, 4.69) is 15.1 Å². The number of nitrogens with one attached hydrogen (secondary N) is 1. The Hall–Kier alpha value is -1.84. The van der Waals surface area contributed by atoms with Crippen molar-refractivity contribution in [1.82, 2.24) is 15.1 Å². The van der Waals surface area contributed by atoms with Crippen molar-refractivity contribution < 1.29 is 4.79 Å². The molecule has 1 amide bonds. The Morgan fingerprint density at radius 2 is 2.05 bits per heavy atom. The van der Waals surface area contributed by atoms with E-state index in [1.807, 2.05) is 18.2 Å². The fraction of sp³-hybridized carbons (Fsp3) is 0.529. The van der Waals surface area contributed by atoms with E-state index in [4.69, 9.17) is 0 Å². The SMILES string of the molecule is O=C(c1ccc2cn[nH]c2c1)N1CCCC2CCCCC21. The van der Waals surface area contributed by atoms with E-state index in [-0.39, 0.29) is 5.91 Å². The van der Waals surface area contributed by atoms with E-state index in [1.54, 1.807) is 6.20 Å². The average Bonchev–Trinajstić information content (AvgIpc) is 3.01. The van der Waals surface area contributed by atoms with Gasteiger partial charge in [-0.3, -0.25) is 9.89 Å². The second-order valence-corrected chi connectivity index (χ2v) is 6.42. The molecule has 1 aliphatic carbocycles. The fourth-order valence-corrected chi connectivity index (χ4v) is 4.11. The lowest BCUT2D eigenvalue weighted by atomic mass is 9.78. The predicted octanol–water partition coefficient (Wildman–Crippen LogP) is 3.36. The average molecular weight is 283 g/mol. The molecule has 0 bridgehead atoms. The molecule has 4 heteroatoms. The van der Waals surface area contributed by atoms with Gasteiger partial charge in [0.25, 0.3) is 5.91 Å². The Bertz CT molecular complexity index is 661. The molecule has 1 saturated carbocycles. The first-order chi connectivity index (χ1) is 10.3. The number of aromatic nitrogens is 2. The fourth-order valence-electron chi connectivity index (χ4n) is 4.11. The van der Waals surface area contributed by atoms with Crippen molar-refractivity contribution in [2.75, 3.05) is 6.54 Å². The summed E-state index contributed by atoms with van der Waals surface area (Å²) in [6.07, 6.45) is 9.33. The minimum atomic E-state index is 0.197. The van der Waals surface area contributed by atoms with Crippen LogP contribution in [0.3, 0.4) is 0 Å². The summed E-state index contributed by atoms with van der Waals surface area (Å²) in [4.78, 5) is 15.1. The van der Waals surface area contributed by atoms with Gasteiger partial charge >= 0.3 is 0 Å². The lowest BCUT2D eigenvalue weighted by Crippen LogP contribution is -2.49. The summed E-state index contributed by atoms with van der Waals surface area (Å²) >= 11 is 0. The van der Waals surface area contributed by atoms with Crippen molar-refractivity contribution in [1.29, 1.82) is 0 Å². The standard InChI is InChI=1S/C17H21N3O/c21-17(13-7-8-14-11-18-19-15(14)10-13)20-9-3-5-12-4-1-2-6-16(12)20/h7-8,10-12,16H,1-6,9H2,(H,18,19).